The molecule has 4 rings (SSSR count). The summed E-state index contributed by atoms with van der Waals surface area (Å²) in [5, 5.41) is 6.78. The second-order valence-electron chi connectivity index (χ2n) is 9.96. The van der Waals surface area contributed by atoms with Crippen LogP contribution in [-0.2, 0) is 9.47 Å². The number of nitrogens with zero attached hydrogens (tertiary/aromatic N) is 1. The fraction of sp³-hybridized carbons (Fsp3) is 0.235. The summed E-state index contributed by atoms with van der Waals surface area (Å²) in [7, 11) is 3.15. The largest absolute Gasteiger partial charge is 0.497 e. The molecule has 0 saturated carbocycles. The van der Waals surface area contributed by atoms with Crippen molar-refractivity contribution in [2.75, 3.05) is 51.2 Å². The van der Waals surface area contributed by atoms with Crippen LogP contribution in [0.15, 0.2) is 109 Å². The van der Waals surface area contributed by atoms with Crippen LogP contribution in [0.4, 0.5) is 21.0 Å². The molecule has 0 heterocycles. The van der Waals surface area contributed by atoms with Crippen LogP contribution >= 0.6 is 0 Å². The van der Waals surface area contributed by atoms with Gasteiger partial charge in [-0.15, -0.1) is 0 Å². The first-order valence-corrected chi connectivity index (χ1v) is 14.5. The highest BCUT2D eigenvalue weighted by Crippen LogP contribution is 2.19. The molecule has 0 aliphatic carbocycles. The normalized spacial score (nSPS) is 11.9. The molecule has 4 aromatic carbocycles. The van der Waals surface area contributed by atoms with Gasteiger partial charge in [0.15, 0.2) is 12.2 Å². The third-order valence-corrected chi connectivity index (χ3v) is 6.45. The fourth-order valence-corrected chi connectivity index (χ4v) is 4.21. The first-order valence-electron chi connectivity index (χ1n) is 14.5. The standard InChI is InChI=1S/C34H38N4O8/c1-41-27-13-17-29(18-14-27)43-23-31(45-33(39)36-25-9-5-3-6-10-25)21-38(35)22-32(24-44-30-19-15-28(42-2)16-20-30)46-34(40)37-26-11-7-4-8-12-26/h3-20,31-32H,21-24,35H2,1-2H3,(H,36,39)(H,37,40). The predicted molar refractivity (Wildman–Crippen MR) is 173 cm³/mol. The molecule has 0 aliphatic rings. The molecule has 0 aliphatic heterocycles. The van der Waals surface area contributed by atoms with Crippen molar-refractivity contribution in [3.8, 4) is 23.0 Å². The van der Waals surface area contributed by atoms with E-state index in [4.69, 9.17) is 34.3 Å². The molecule has 0 fully saturated rings. The molecular weight excluding hydrogens is 592 g/mol. The number of nitrogens with one attached hydrogen (secondary N) is 2. The number of carbonyl (C=O) groups is 2. The summed E-state index contributed by atoms with van der Waals surface area (Å²) in [5.74, 6) is 8.86. The fourth-order valence-electron chi connectivity index (χ4n) is 4.21. The van der Waals surface area contributed by atoms with Gasteiger partial charge in [0.05, 0.1) is 27.3 Å². The minimum Gasteiger partial charge on any atom is -0.497 e. The van der Waals surface area contributed by atoms with Gasteiger partial charge in [-0.1, -0.05) is 36.4 Å². The number of para-hydroxylation sites is 2. The van der Waals surface area contributed by atoms with E-state index >= 15 is 0 Å². The molecule has 2 atom stereocenters. The minimum absolute atomic E-state index is 0.00932. The summed E-state index contributed by atoms with van der Waals surface area (Å²) >= 11 is 0. The summed E-state index contributed by atoms with van der Waals surface area (Å²) < 4.78 is 33.6. The summed E-state index contributed by atoms with van der Waals surface area (Å²) in [4.78, 5) is 25.5. The lowest BCUT2D eigenvalue weighted by Crippen LogP contribution is -2.48. The average Bonchev–Trinajstić information content (AvgIpc) is 3.07. The first kappa shape index (κ1) is 33.4. The number of anilines is 2. The Bertz CT molecular complexity index is 1360. The Balaban J connectivity index is 1.42. The van der Waals surface area contributed by atoms with Crippen LogP contribution in [0.5, 0.6) is 23.0 Å². The number of ether oxygens (including phenoxy) is 6. The van der Waals surface area contributed by atoms with Crippen molar-refractivity contribution in [1.29, 1.82) is 0 Å². The maximum atomic E-state index is 12.8. The van der Waals surface area contributed by atoms with Gasteiger partial charge in [0.25, 0.3) is 0 Å². The van der Waals surface area contributed by atoms with Crippen molar-refractivity contribution in [1.82, 2.24) is 5.01 Å². The minimum atomic E-state index is -0.808. The van der Waals surface area contributed by atoms with E-state index in [0.29, 0.717) is 34.4 Å². The van der Waals surface area contributed by atoms with Crippen LogP contribution in [0, 0.1) is 0 Å². The molecule has 4 N–H and O–H groups in total. The van der Waals surface area contributed by atoms with Crippen LogP contribution in [0.25, 0.3) is 0 Å². The molecule has 0 bridgehead atoms. The van der Waals surface area contributed by atoms with E-state index in [9.17, 15) is 9.59 Å². The molecule has 242 valence electrons. The number of hydrogen-bond donors (Lipinski definition) is 3. The highest BCUT2D eigenvalue weighted by Gasteiger charge is 2.23. The number of carbonyl (C=O) groups excluding carboxylic acids is 2. The van der Waals surface area contributed by atoms with Gasteiger partial charge in [-0.25, -0.2) is 14.6 Å². The molecule has 12 nitrogen and oxygen atoms in total. The SMILES string of the molecule is COc1ccc(OCC(CN(N)CC(COc2ccc(OC)cc2)OC(=O)Nc2ccccc2)OC(=O)Nc2ccccc2)cc1. The highest BCUT2D eigenvalue weighted by molar-refractivity contribution is 5.85. The van der Waals surface area contributed by atoms with Crippen LogP contribution in [-0.4, -0.2) is 69.9 Å². The van der Waals surface area contributed by atoms with Crippen molar-refractivity contribution < 1.29 is 38.0 Å². The van der Waals surface area contributed by atoms with Gasteiger partial charge in [-0.05, 0) is 72.8 Å². The van der Waals surface area contributed by atoms with E-state index in [1.54, 1.807) is 111 Å². The maximum absolute atomic E-state index is 12.8. The lowest BCUT2D eigenvalue weighted by Gasteiger charge is -2.27. The molecule has 0 radical (unpaired) electrons. The van der Waals surface area contributed by atoms with E-state index in [2.05, 4.69) is 10.6 Å². The third-order valence-electron chi connectivity index (χ3n) is 6.45. The van der Waals surface area contributed by atoms with Crippen LogP contribution < -0.4 is 35.4 Å². The molecule has 0 spiro atoms. The lowest BCUT2D eigenvalue weighted by molar-refractivity contribution is 0.0174. The average molecular weight is 631 g/mol. The Morgan fingerprint density at radius 1 is 0.587 bits per heavy atom. The molecular formula is C34H38N4O8. The molecule has 0 saturated heterocycles. The number of hydrogen-bond acceptors (Lipinski definition) is 10. The molecule has 2 amide bonds. The zero-order valence-corrected chi connectivity index (χ0v) is 25.7. The number of benzene rings is 4. The van der Waals surface area contributed by atoms with Crippen LogP contribution in [0.3, 0.4) is 0 Å². The second-order valence-corrected chi connectivity index (χ2v) is 9.96. The summed E-state index contributed by atoms with van der Waals surface area (Å²) in [5.41, 5.74) is 1.14. The Morgan fingerprint density at radius 3 is 1.28 bits per heavy atom. The van der Waals surface area contributed by atoms with Gasteiger partial charge in [0.1, 0.15) is 36.2 Å². The Kier molecular flexibility index (Phi) is 12.9. The smallest absolute Gasteiger partial charge is 0.412 e. The number of methoxy groups -OCH3 is 2. The van der Waals surface area contributed by atoms with Crippen LogP contribution in [0.1, 0.15) is 0 Å². The molecule has 0 aromatic heterocycles. The van der Waals surface area contributed by atoms with Crippen LogP contribution in [0.2, 0.25) is 0 Å². The zero-order chi connectivity index (χ0) is 32.6. The first-order chi connectivity index (χ1) is 22.4. The quantitative estimate of drug-likeness (QED) is 0.106. The van der Waals surface area contributed by atoms with E-state index in [-0.39, 0.29) is 26.3 Å². The predicted octanol–water partition coefficient (Wildman–Crippen LogP) is 5.57. The van der Waals surface area contributed by atoms with Crippen molar-refractivity contribution in [3.63, 3.8) is 0 Å². The van der Waals surface area contributed by atoms with Gasteiger partial charge >= 0.3 is 12.2 Å². The van der Waals surface area contributed by atoms with Crippen molar-refractivity contribution in [3.05, 3.63) is 109 Å². The zero-order valence-electron chi connectivity index (χ0n) is 25.7. The lowest BCUT2D eigenvalue weighted by atomic mass is 10.3. The number of rotatable bonds is 16. The van der Waals surface area contributed by atoms with Gasteiger partial charge in [0.2, 0.25) is 0 Å². The van der Waals surface area contributed by atoms with Crippen molar-refractivity contribution in [2.45, 2.75) is 12.2 Å². The van der Waals surface area contributed by atoms with Gasteiger partial charge < -0.3 is 28.4 Å². The number of nitrogens with two attached hydrogens (primary N) is 1. The van der Waals surface area contributed by atoms with E-state index in [1.165, 1.54) is 5.01 Å². The highest BCUT2D eigenvalue weighted by atomic mass is 16.6. The third kappa shape index (κ3) is 11.6. The van der Waals surface area contributed by atoms with E-state index in [0.717, 1.165) is 0 Å². The molecule has 2 unspecified atom stereocenters. The second kappa shape index (κ2) is 17.7. The van der Waals surface area contributed by atoms with Crippen molar-refractivity contribution in [2.24, 2.45) is 5.84 Å². The maximum Gasteiger partial charge on any atom is 0.412 e. The Labute approximate surface area is 267 Å². The Morgan fingerprint density at radius 2 is 0.935 bits per heavy atom. The topological polar surface area (TPSA) is 143 Å². The van der Waals surface area contributed by atoms with Gasteiger partial charge in [-0.2, -0.15) is 0 Å². The van der Waals surface area contributed by atoms with Gasteiger partial charge in [-0.3, -0.25) is 16.5 Å². The molecule has 4 aromatic rings. The molecule has 46 heavy (non-hydrogen) atoms. The summed E-state index contributed by atoms with van der Waals surface area (Å²) in [6, 6.07) is 31.8. The Hall–Kier alpha value is -5.46. The van der Waals surface area contributed by atoms with Gasteiger partial charge in [0, 0.05) is 11.4 Å². The number of amides is 2. The van der Waals surface area contributed by atoms with E-state index < -0.39 is 24.4 Å². The summed E-state index contributed by atoms with van der Waals surface area (Å²) in [6.45, 7) is 0.0668. The molecule has 12 heteroatoms. The van der Waals surface area contributed by atoms with Crippen molar-refractivity contribution >= 4 is 23.6 Å². The summed E-state index contributed by atoms with van der Waals surface area (Å²) in [6.07, 6.45) is -2.98. The van der Waals surface area contributed by atoms with E-state index in [1.807, 2.05) is 12.1 Å². The number of hydrazine groups is 1. The monoisotopic (exact) mass is 630 g/mol.